The molecule has 0 bridgehead atoms. The zero-order chi connectivity index (χ0) is 14.2. The van der Waals surface area contributed by atoms with E-state index in [-0.39, 0.29) is 0 Å². The van der Waals surface area contributed by atoms with Crippen LogP contribution in [0.4, 0.5) is 5.69 Å². The van der Waals surface area contributed by atoms with Crippen molar-refractivity contribution in [2.75, 3.05) is 5.32 Å². The van der Waals surface area contributed by atoms with Crippen LogP contribution in [0.5, 0.6) is 0 Å². The molecule has 0 saturated heterocycles. The highest BCUT2D eigenvalue weighted by atomic mass is 16.4. The van der Waals surface area contributed by atoms with Gasteiger partial charge >= 0.3 is 5.76 Å². The molecule has 104 valence electrons. The smallest absolute Gasteiger partial charge is 0.408 e. The number of anilines is 1. The fraction of sp³-hybridized carbons (Fsp3) is 0.0667. The molecule has 0 amide bonds. The molecule has 1 aromatic carbocycles. The van der Waals surface area contributed by atoms with E-state index in [1.807, 2.05) is 47.2 Å². The Bertz CT molecular complexity index is 980. The van der Waals surface area contributed by atoms with Crippen LogP contribution in [0.15, 0.2) is 58.0 Å². The van der Waals surface area contributed by atoms with Crippen LogP contribution in [-0.2, 0) is 6.54 Å². The number of rotatable bonds is 3. The molecule has 4 rings (SSSR count). The first-order valence-electron chi connectivity index (χ1n) is 6.57. The van der Waals surface area contributed by atoms with Gasteiger partial charge in [0.15, 0.2) is 5.58 Å². The summed E-state index contributed by atoms with van der Waals surface area (Å²) in [5, 5.41) is 7.62. The Morgan fingerprint density at radius 1 is 1.29 bits per heavy atom. The SMILES string of the molecule is O=c1[nH]c2cc(NCc3cnn4ccccc34)ccc2o1. The van der Waals surface area contributed by atoms with Gasteiger partial charge in [0.2, 0.25) is 0 Å². The lowest BCUT2D eigenvalue weighted by Gasteiger charge is -2.05. The lowest BCUT2D eigenvalue weighted by atomic mass is 10.2. The van der Waals surface area contributed by atoms with Gasteiger partial charge in [-0.15, -0.1) is 0 Å². The third-order valence-electron chi connectivity index (χ3n) is 3.41. The van der Waals surface area contributed by atoms with Crippen molar-refractivity contribution in [2.45, 2.75) is 6.54 Å². The van der Waals surface area contributed by atoms with Crippen molar-refractivity contribution < 1.29 is 4.42 Å². The molecule has 0 saturated carbocycles. The number of nitrogens with zero attached hydrogens (tertiary/aromatic N) is 2. The van der Waals surface area contributed by atoms with Crippen LogP contribution in [0.25, 0.3) is 16.6 Å². The number of aromatic nitrogens is 3. The summed E-state index contributed by atoms with van der Waals surface area (Å²) in [5.74, 6) is -0.440. The number of oxazole rings is 1. The Morgan fingerprint density at radius 3 is 3.19 bits per heavy atom. The fourth-order valence-electron chi connectivity index (χ4n) is 2.38. The van der Waals surface area contributed by atoms with Crippen molar-refractivity contribution in [3.63, 3.8) is 0 Å². The molecular formula is C15H12N4O2. The van der Waals surface area contributed by atoms with Gasteiger partial charge in [0, 0.05) is 24.0 Å². The maximum absolute atomic E-state index is 11.1. The van der Waals surface area contributed by atoms with Crippen molar-refractivity contribution in [2.24, 2.45) is 0 Å². The molecule has 0 aliphatic carbocycles. The first-order valence-corrected chi connectivity index (χ1v) is 6.57. The molecular weight excluding hydrogens is 268 g/mol. The average Bonchev–Trinajstić information content (AvgIpc) is 3.07. The summed E-state index contributed by atoms with van der Waals surface area (Å²) in [6, 6.07) is 11.5. The van der Waals surface area contributed by atoms with Crippen LogP contribution >= 0.6 is 0 Å². The predicted octanol–water partition coefficient (Wildman–Crippen LogP) is 2.38. The summed E-state index contributed by atoms with van der Waals surface area (Å²) in [4.78, 5) is 13.8. The van der Waals surface area contributed by atoms with Crippen LogP contribution in [0, 0.1) is 0 Å². The highest BCUT2D eigenvalue weighted by Gasteiger charge is 2.05. The van der Waals surface area contributed by atoms with Crippen molar-refractivity contribution in [1.29, 1.82) is 0 Å². The van der Waals surface area contributed by atoms with E-state index in [1.54, 1.807) is 6.07 Å². The summed E-state index contributed by atoms with van der Waals surface area (Å²) in [6.07, 6.45) is 3.77. The molecule has 0 radical (unpaired) electrons. The second-order valence-corrected chi connectivity index (χ2v) is 4.78. The molecule has 6 heteroatoms. The van der Waals surface area contributed by atoms with Crippen LogP contribution in [0.3, 0.4) is 0 Å². The van der Waals surface area contributed by atoms with Gasteiger partial charge in [-0.3, -0.25) is 4.98 Å². The molecule has 4 aromatic rings. The van der Waals surface area contributed by atoms with Crippen molar-refractivity contribution in [1.82, 2.24) is 14.6 Å². The van der Waals surface area contributed by atoms with Gasteiger partial charge in [-0.1, -0.05) is 6.07 Å². The van der Waals surface area contributed by atoms with Crippen molar-refractivity contribution in [3.05, 3.63) is 64.9 Å². The molecule has 0 aliphatic heterocycles. The standard InChI is InChI=1S/C15H12N4O2/c20-15-18-12-7-11(4-5-14(12)21-15)16-8-10-9-17-19-6-2-1-3-13(10)19/h1-7,9,16H,8H2,(H,18,20). The number of fused-ring (bicyclic) bond motifs is 2. The molecule has 3 heterocycles. The summed E-state index contributed by atoms with van der Waals surface area (Å²) < 4.78 is 6.82. The second-order valence-electron chi connectivity index (χ2n) is 4.78. The molecule has 0 spiro atoms. The third kappa shape index (κ3) is 2.06. The van der Waals surface area contributed by atoms with Crippen LogP contribution in [0.2, 0.25) is 0 Å². The maximum Gasteiger partial charge on any atom is 0.417 e. The molecule has 3 aromatic heterocycles. The average molecular weight is 280 g/mol. The van der Waals surface area contributed by atoms with Crippen LogP contribution in [0.1, 0.15) is 5.56 Å². The van der Waals surface area contributed by atoms with E-state index in [4.69, 9.17) is 4.42 Å². The zero-order valence-electron chi connectivity index (χ0n) is 11.0. The third-order valence-corrected chi connectivity index (χ3v) is 3.41. The van der Waals surface area contributed by atoms with E-state index >= 15 is 0 Å². The van der Waals surface area contributed by atoms with Gasteiger partial charge in [0.05, 0.1) is 17.2 Å². The second kappa shape index (κ2) is 4.52. The number of H-pyrrole nitrogens is 1. The lowest BCUT2D eigenvalue weighted by Crippen LogP contribution is -1.99. The monoisotopic (exact) mass is 280 g/mol. The van der Waals surface area contributed by atoms with E-state index in [0.717, 1.165) is 16.8 Å². The molecule has 6 nitrogen and oxygen atoms in total. The molecule has 0 unspecified atom stereocenters. The molecule has 0 aliphatic rings. The minimum absolute atomic E-state index is 0.440. The highest BCUT2D eigenvalue weighted by Crippen LogP contribution is 2.18. The van der Waals surface area contributed by atoms with E-state index in [9.17, 15) is 4.79 Å². The van der Waals surface area contributed by atoms with Crippen LogP contribution in [-0.4, -0.2) is 14.6 Å². The minimum atomic E-state index is -0.440. The Kier molecular flexibility index (Phi) is 2.53. The van der Waals surface area contributed by atoms with E-state index in [1.165, 1.54) is 0 Å². The highest BCUT2D eigenvalue weighted by molar-refractivity contribution is 5.76. The van der Waals surface area contributed by atoms with Gasteiger partial charge < -0.3 is 9.73 Å². The van der Waals surface area contributed by atoms with Gasteiger partial charge in [0.1, 0.15) is 0 Å². The molecule has 0 atom stereocenters. The summed E-state index contributed by atoms with van der Waals surface area (Å²) in [7, 11) is 0. The first kappa shape index (κ1) is 11.8. The van der Waals surface area contributed by atoms with Gasteiger partial charge in [0.25, 0.3) is 0 Å². The topological polar surface area (TPSA) is 75.3 Å². The van der Waals surface area contributed by atoms with Gasteiger partial charge in [-0.05, 0) is 30.3 Å². The first-order chi connectivity index (χ1) is 10.3. The fourth-order valence-corrected chi connectivity index (χ4v) is 2.38. The zero-order valence-corrected chi connectivity index (χ0v) is 11.0. The summed E-state index contributed by atoms with van der Waals surface area (Å²) in [6.45, 7) is 0.654. The Labute approximate surface area is 119 Å². The maximum atomic E-state index is 11.1. The van der Waals surface area contributed by atoms with E-state index in [0.29, 0.717) is 17.6 Å². The normalized spacial score (nSPS) is 11.2. The largest absolute Gasteiger partial charge is 0.417 e. The number of hydrogen-bond donors (Lipinski definition) is 2. The number of pyridine rings is 1. The number of benzene rings is 1. The van der Waals surface area contributed by atoms with Gasteiger partial charge in [-0.2, -0.15) is 5.10 Å². The predicted molar refractivity (Wildman–Crippen MR) is 79.4 cm³/mol. The molecule has 21 heavy (non-hydrogen) atoms. The quantitative estimate of drug-likeness (QED) is 0.604. The van der Waals surface area contributed by atoms with E-state index < -0.39 is 5.76 Å². The van der Waals surface area contributed by atoms with Crippen molar-refractivity contribution in [3.8, 4) is 0 Å². The van der Waals surface area contributed by atoms with Gasteiger partial charge in [-0.25, -0.2) is 9.31 Å². The Hall–Kier alpha value is -3.02. The Balaban J connectivity index is 1.61. The lowest BCUT2D eigenvalue weighted by molar-refractivity contribution is 0.555. The number of aromatic amines is 1. The number of nitrogens with one attached hydrogen (secondary N) is 2. The van der Waals surface area contributed by atoms with Crippen molar-refractivity contribution >= 4 is 22.3 Å². The number of hydrogen-bond acceptors (Lipinski definition) is 4. The molecule has 2 N–H and O–H groups in total. The summed E-state index contributed by atoms with van der Waals surface area (Å²) in [5.41, 5.74) is 4.33. The minimum Gasteiger partial charge on any atom is -0.408 e. The Morgan fingerprint density at radius 2 is 2.24 bits per heavy atom. The van der Waals surface area contributed by atoms with Crippen LogP contribution < -0.4 is 11.1 Å². The summed E-state index contributed by atoms with van der Waals surface area (Å²) >= 11 is 0. The molecule has 0 fully saturated rings. The van der Waals surface area contributed by atoms with E-state index in [2.05, 4.69) is 15.4 Å².